The molecule has 6 nitrogen and oxygen atoms in total. The van der Waals surface area contributed by atoms with E-state index in [1.54, 1.807) is 5.38 Å². The van der Waals surface area contributed by atoms with E-state index in [0.717, 1.165) is 22.6 Å². The van der Waals surface area contributed by atoms with Gasteiger partial charge in [0, 0.05) is 23.4 Å². The number of hydrogen-bond donors (Lipinski definition) is 1. The summed E-state index contributed by atoms with van der Waals surface area (Å²) in [6, 6.07) is 1.51. The molecule has 1 aliphatic rings. The highest BCUT2D eigenvalue weighted by Gasteiger charge is 2.15. The van der Waals surface area contributed by atoms with Crippen LogP contribution in [0.4, 0.5) is 5.00 Å². The molecule has 2 rings (SSSR count). The van der Waals surface area contributed by atoms with Crippen LogP contribution in [0, 0.1) is 10.1 Å². The van der Waals surface area contributed by atoms with E-state index in [1.165, 1.54) is 6.07 Å². The average molecular weight is 224 g/mol. The van der Waals surface area contributed by atoms with Crippen molar-refractivity contribution in [3.8, 4) is 0 Å². The summed E-state index contributed by atoms with van der Waals surface area (Å²) in [5.74, 6) is 0.503. The monoisotopic (exact) mass is 224 g/mol. The number of nitrogens with two attached hydrogens (primary N) is 1. The lowest BCUT2D eigenvalue weighted by Gasteiger charge is -2.06. The van der Waals surface area contributed by atoms with Crippen LogP contribution in [0.3, 0.4) is 0 Å². The van der Waals surface area contributed by atoms with Crippen LogP contribution in [-0.2, 0) is 0 Å². The molecule has 15 heavy (non-hydrogen) atoms. The van der Waals surface area contributed by atoms with Crippen molar-refractivity contribution in [2.45, 2.75) is 12.8 Å². The molecule has 0 radical (unpaired) electrons. The topological polar surface area (TPSA) is 93.9 Å². The van der Waals surface area contributed by atoms with Crippen molar-refractivity contribution in [1.82, 2.24) is 0 Å². The first-order valence-electron chi connectivity index (χ1n) is 4.29. The van der Waals surface area contributed by atoms with Crippen LogP contribution in [0.5, 0.6) is 0 Å². The second-order valence-corrected chi connectivity index (χ2v) is 3.96. The van der Waals surface area contributed by atoms with Gasteiger partial charge in [-0.2, -0.15) is 5.10 Å². The standard InChI is InChI=1S/C8H8N4O2S/c9-7-2-1-6(10-11-7)5-3-8(12(13)14)15-4-5/h3-4H,1-2H2,(H2,9,11). The Labute approximate surface area is 89.3 Å². The molecule has 0 saturated carbocycles. The Balaban J connectivity index is 2.27. The van der Waals surface area contributed by atoms with E-state index in [1.807, 2.05) is 0 Å². The molecule has 7 heteroatoms. The van der Waals surface area contributed by atoms with Gasteiger partial charge in [0.15, 0.2) is 0 Å². The summed E-state index contributed by atoms with van der Waals surface area (Å²) >= 11 is 1.09. The van der Waals surface area contributed by atoms with Gasteiger partial charge in [0.05, 0.1) is 10.6 Å². The van der Waals surface area contributed by atoms with E-state index in [4.69, 9.17) is 5.73 Å². The van der Waals surface area contributed by atoms with Gasteiger partial charge in [-0.1, -0.05) is 11.3 Å². The number of thiophene rings is 1. The van der Waals surface area contributed by atoms with E-state index in [-0.39, 0.29) is 5.00 Å². The number of nitro groups is 1. The molecule has 0 aliphatic carbocycles. The number of hydrogen-bond acceptors (Lipinski definition) is 6. The van der Waals surface area contributed by atoms with Crippen molar-refractivity contribution < 1.29 is 4.92 Å². The third kappa shape index (κ3) is 2.01. The molecular formula is C8H8N4O2S. The van der Waals surface area contributed by atoms with E-state index in [2.05, 4.69) is 10.2 Å². The van der Waals surface area contributed by atoms with Gasteiger partial charge >= 0.3 is 5.00 Å². The van der Waals surface area contributed by atoms with Gasteiger partial charge in [-0.15, -0.1) is 5.10 Å². The average Bonchev–Trinajstić information content (AvgIpc) is 2.68. The van der Waals surface area contributed by atoms with Gasteiger partial charge < -0.3 is 5.73 Å². The molecule has 0 spiro atoms. The van der Waals surface area contributed by atoms with E-state index in [0.29, 0.717) is 18.7 Å². The first-order chi connectivity index (χ1) is 7.16. The Morgan fingerprint density at radius 2 is 2.27 bits per heavy atom. The fourth-order valence-corrected chi connectivity index (χ4v) is 1.98. The Kier molecular flexibility index (Phi) is 2.46. The number of nitrogens with zero attached hydrogens (tertiary/aromatic N) is 3. The Hall–Kier alpha value is -1.76. The molecule has 78 valence electrons. The zero-order valence-corrected chi connectivity index (χ0v) is 8.53. The van der Waals surface area contributed by atoms with E-state index < -0.39 is 4.92 Å². The van der Waals surface area contributed by atoms with Gasteiger partial charge in [0.2, 0.25) is 0 Å². The summed E-state index contributed by atoms with van der Waals surface area (Å²) in [7, 11) is 0. The fraction of sp³-hybridized carbons (Fsp3) is 0.250. The molecule has 2 N–H and O–H groups in total. The zero-order valence-electron chi connectivity index (χ0n) is 7.71. The Morgan fingerprint density at radius 1 is 1.47 bits per heavy atom. The van der Waals surface area contributed by atoms with Crippen molar-refractivity contribution in [2.24, 2.45) is 15.9 Å². The predicted molar refractivity (Wildman–Crippen MR) is 58.4 cm³/mol. The normalized spacial score (nSPS) is 15.7. The minimum Gasteiger partial charge on any atom is -0.386 e. The lowest BCUT2D eigenvalue weighted by atomic mass is 10.1. The molecule has 0 saturated heterocycles. The molecule has 0 bridgehead atoms. The molecule has 0 amide bonds. The SMILES string of the molecule is NC1=NN=C(c2csc([N+](=O)[O-])c2)CC1. The minimum absolute atomic E-state index is 0.121. The van der Waals surface area contributed by atoms with Crippen LogP contribution in [0.15, 0.2) is 21.6 Å². The summed E-state index contributed by atoms with van der Waals surface area (Å²) in [6.07, 6.45) is 1.34. The second kappa shape index (κ2) is 3.77. The fourth-order valence-electron chi connectivity index (χ4n) is 1.25. The summed E-state index contributed by atoms with van der Waals surface area (Å²) in [5.41, 5.74) is 6.99. The highest BCUT2D eigenvalue weighted by Crippen LogP contribution is 2.24. The van der Waals surface area contributed by atoms with Crippen molar-refractivity contribution in [3.63, 3.8) is 0 Å². The van der Waals surface area contributed by atoms with Gasteiger partial charge in [0.25, 0.3) is 0 Å². The quantitative estimate of drug-likeness (QED) is 0.609. The van der Waals surface area contributed by atoms with Crippen LogP contribution < -0.4 is 5.73 Å². The van der Waals surface area contributed by atoms with Gasteiger partial charge in [-0.05, 0) is 6.42 Å². The Morgan fingerprint density at radius 3 is 2.80 bits per heavy atom. The highest BCUT2D eigenvalue weighted by molar-refractivity contribution is 7.13. The molecule has 1 aromatic heterocycles. The third-order valence-electron chi connectivity index (χ3n) is 2.02. The van der Waals surface area contributed by atoms with Crippen LogP contribution >= 0.6 is 11.3 Å². The van der Waals surface area contributed by atoms with E-state index >= 15 is 0 Å². The Bertz CT molecular complexity index is 463. The summed E-state index contributed by atoms with van der Waals surface area (Å²) in [6.45, 7) is 0. The van der Waals surface area contributed by atoms with Gasteiger partial charge in [-0.25, -0.2) is 0 Å². The third-order valence-corrected chi connectivity index (χ3v) is 2.90. The van der Waals surface area contributed by atoms with Crippen molar-refractivity contribution in [3.05, 3.63) is 27.1 Å². The highest BCUT2D eigenvalue weighted by atomic mass is 32.1. The van der Waals surface area contributed by atoms with Crippen LogP contribution in [0.2, 0.25) is 0 Å². The number of rotatable bonds is 2. The molecular weight excluding hydrogens is 216 g/mol. The second-order valence-electron chi connectivity index (χ2n) is 3.07. The van der Waals surface area contributed by atoms with Crippen LogP contribution in [-0.4, -0.2) is 16.5 Å². The number of amidine groups is 1. The lowest BCUT2D eigenvalue weighted by Crippen LogP contribution is -2.17. The molecule has 2 heterocycles. The van der Waals surface area contributed by atoms with Crippen LogP contribution in [0.1, 0.15) is 18.4 Å². The summed E-state index contributed by atoms with van der Waals surface area (Å²) in [5, 5.41) is 20.0. The van der Waals surface area contributed by atoms with E-state index in [9.17, 15) is 10.1 Å². The zero-order chi connectivity index (χ0) is 10.8. The predicted octanol–water partition coefficient (Wildman–Crippen LogP) is 1.51. The molecule has 1 aromatic rings. The molecule has 0 aromatic carbocycles. The first kappa shape index (κ1) is 9.78. The molecule has 0 fully saturated rings. The maximum absolute atomic E-state index is 10.5. The largest absolute Gasteiger partial charge is 0.386 e. The van der Waals surface area contributed by atoms with Crippen molar-refractivity contribution in [1.29, 1.82) is 0 Å². The first-order valence-corrected chi connectivity index (χ1v) is 5.17. The van der Waals surface area contributed by atoms with Crippen LogP contribution in [0.25, 0.3) is 0 Å². The molecule has 0 unspecified atom stereocenters. The molecule has 0 atom stereocenters. The van der Waals surface area contributed by atoms with Crippen molar-refractivity contribution in [2.75, 3.05) is 0 Å². The minimum atomic E-state index is -0.408. The van der Waals surface area contributed by atoms with Gasteiger partial charge in [0.1, 0.15) is 5.84 Å². The van der Waals surface area contributed by atoms with Gasteiger partial charge in [-0.3, -0.25) is 10.1 Å². The summed E-state index contributed by atoms with van der Waals surface area (Å²) in [4.78, 5) is 10.1. The molecule has 1 aliphatic heterocycles. The smallest absolute Gasteiger partial charge is 0.324 e. The maximum Gasteiger partial charge on any atom is 0.324 e. The summed E-state index contributed by atoms with van der Waals surface area (Å²) < 4.78 is 0. The maximum atomic E-state index is 10.5. The van der Waals surface area contributed by atoms with Crippen molar-refractivity contribution >= 4 is 27.9 Å². The lowest BCUT2D eigenvalue weighted by molar-refractivity contribution is -0.380.